The predicted molar refractivity (Wildman–Crippen MR) is 77.4 cm³/mol. The second kappa shape index (κ2) is 4.59. The second-order valence-electron chi connectivity index (χ2n) is 4.13. The third-order valence-corrected chi connectivity index (χ3v) is 3.38. The number of nitrogens with one attached hydrogen (secondary N) is 1. The molecular formula is C14H11BrN2O2. The van der Waals surface area contributed by atoms with Gasteiger partial charge in [-0.1, -0.05) is 15.9 Å². The molecule has 1 heterocycles. The number of aromatic nitrogens is 2. The number of halogens is 1. The van der Waals surface area contributed by atoms with Crippen LogP contribution in [0.5, 0.6) is 11.5 Å². The lowest BCUT2D eigenvalue weighted by Crippen LogP contribution is -1.89. The number of phenolic OH excluding ortho intramolecular Hbond substituents is 1. The van der Waals surface area contributed by atoms with Crippen LogP contribution in [0.3, 0.4) is 0 Å². The Morgan fingerprint density at radius 2 is 2.05 bits per heavy atom. The van der Waals surface area contributed by atoms with Crippen LogP contribution < -0.4 is 4.74 Å². The van der Waals surface area contributed by atoms with E-state index in [1.807, 2.05) is 18.2 Å². The first-order chi connectivity index (χ1) is 9.17. The molecule has 0 radical (unpaired) electrons. The Kier molecular flexibility index (Phi) is 2.91. The van der Waals surface area contributed by atoms with Gasteiger partial charge >= 0.3 is 0 Å². The number of rotatable bonds is 2. The molecular weight excluding hydrogens is 308 g/mol. The molecule has 0 spiro atoms. The fourth-order valence-electron chi connectivity index (χ4n) is 1.99. The molecule has 0 saturated heterocycles. The summed E-state index contributed by atoms with van der Waals surface area (Å²) in [6.45, 7) is 0. The van der Waals surface area contributed by atoms with E-state index in [9.17, 15) is 5.11 Å². The fourth-order valence-corrected chi connectivity index (χ4v) is 2.33. The van der Waals surface area contributed by atoms with Gasteiger partial charge in [0.05, 0.1) is 23.7 Å². The number of methoxy groups -OCH3 is 1. The van der Waals surface area contributed by atoms with Crippen molar-refractivity contribution in [3.05, 3.63) is 40.9 Å². The van der Waals surface area contributed by atoms with E-state index in [0.29, 0.717) is 5.82 Å². The monoisotopic (exact) mass is 318 g/mol. The van der Waals surface area contributed by atoms with Crippen molar-refractivity contribution in [2.75, 3.05) is 7.11 Å². The van der Waals surface area contributed by atoms with Gasteiger partial charge in [-0.3, -0.25) is 0 Å². The molecule has 0 unspecified atom stereocenters. The van der Waals surface area contributed by atoms with Crippen molar-refractivity contribution in [3.63, 3.8) is 0 Å². The maximum absolute atomic E-state index is 9.47. The normalized spacial score (nSPS) is 10.8. The first-order valence-corrected chi connectivity index (χ1v) is 6.49. The molecule has 3 aromatic rings. The smallest absolute Gasteiger partial charge is 0.142 e. The molecule has 0 aliphatic rings. The molecule has 0 fully saturated rings. The molecule has 2 N–H and O–H groups in total. The van der Waals surface area contributed by atoms with Crippen LogP contribution in [0.1, 0.15) is 0 Å². The van der Waals surface area contributed by atoms with Crippen molar-refractivity contribution in [3.8, 4) is 22.9 Å². The molecule has 0 amide bonds. The first kappa shape index (κ1) is 12.0. The van der Waals surface area contributed by atoms with Crippen molar-refractivity contribution in [2.45, 2.75) is 0 Å². The Morgan fingerprint density at radius 3 is 2.84 bits per heavy atom. The third kappa shape index (κ3) is 2.17. The van der Waals surface area contributed by atoms with Crippen molar-refractivity contribution in [1.82, 2.24) is 9.97 Å². The van der Waals surface area contributed by atoms with Crippen molar-refractivity contribution < 1.29 is 9.84 Å². The quantitative estimate of drug-likeness (QED) is 0.757. The fraction of sp³-hybridized carbons (Fsp3) is 0.0714. The van der Waals surface area contributed by atoms with Crippen molar-refractivity contribution in [2.24, 2.45) is 0 Å². The molecule has 5 heteroatoms. The first-order valence-electron chi connectivity index (χ1n) is 5.70. The Balaban J connectivity index is 2.18. The van der Waals surface area contributed by atoms with Gasteiger partial charge in [0.25, 0.3) is 0 Å². The highest BCUT2D eigenvalue weighted by Gasteiger charge is 2.11. The molecule has 0 aliphatic heterocycles. The van der Waals surface area contributed by atoms with Crippen LogP contribution in [-0.4, -0.2) is 22.2 Å². The Labute approximate surface area is 118 Å². The summed E-state index contributed by atoms with van der Waals surface area (Å²) in [5, 5.41) is 9.47. The molecule has 4 nitrogen and oxygen atoms in total. The number of hydrogen-bond acceptors (Lipinski definition) is 3. The number of phenols is 1. The number of hydrogen-bond donors (Lipinski definition) is 2. The van der Waals surface area contributed by atoms with Crippen molar-refractivity contribution >= 4 is 27.0 Å². The summed E-state index contributed by atoms with van der Waals surface area (Å²) in [6, 6.07) is 10.8. The highest BCUT2D eigenvalue weighted by molar-refractivity contribution is 9.10. The van der Waals surface area contributed by atoms with E-state index in [0.717, 1.165) is 26.8 Å². The average molecular weight is 319 g/mol. The average Bonchev–Trinajstić information content (AvgIpc) is 2.81. The number of aromatic amines is 1. The van der Waals surface area contributed by atoms with Gasteiger partial charge in [-0.2, -0.15) is 0 Å². The van der Waals surface area contributed by atoms with Crippen LogP contribution in [0.15, 0.2) is 40.9 Å². The van der Waals surface area contributed by atoms with E-state index in [-0.39, 0.29) is 5.75 Å². The zero-order chi connectivity index (χ0) is 13.4. The number of fused-ring (bicyclic) bond motifs is 1. The molecule has 0 bridgehead atoms. The maximum Gasteiger partial charge on any atom is 0.142 e. The van der Waals surface area contributed by atoms with Gasteiger partial charge in [-0.25, -0.2) is 4.98 Å². The van der Waals surface area contributed by atoms with Gasteiger partial charge in [0.2, 0.25) is 0 Å². The van der Waals surface area contributed by atoms with Crippen LogP contribution in [0, 0.1) is 0 Å². The number of imidazole rings is 1. The predicted octanol–water partition coefficient (Wildman–Crippen LogP) is 3.71. The van der Waals surface area contributed by atoms with E-state index < -0.39 is 0 Å². The molecule has 0 saturated carbocycles. The zero-order valence-electron chi connectivity index (χ0n) is 10.1. The van der Waals surface area contributed by atoms with Crippen LogP contribution in [0.25, 0.3) is 22.4 Å². The SMILES string of the molecule is COc1cc(Br)ccc1-c1nc2ccc(O)cc2[nH]1. The number of ether oxygens (including phenoxy) is 1. The van der Waals surface area contributed by atoms with Gasteiger partial charge in [0, 0.05) is 10.5 Å². The molecule has 0 atom stereocenters. The topological polar surface area (TPSA) is 58.1 Å². The van der Waals surface area contributed by atoms with Crippen LogP contribution in [0.2, 0.25) is 0 Å². The Bertz CT molecular complexity index is 752. The van der Waals surface area contributed by atoms with Crippen LogP contribution in [-0.2, 0) is 0 Å². The van der Waals surface area contributed by atoms with E-state index in [4.69, 9.17) is 4.74 Å². The molecule has 1 aromatic heterocycles. The van der Waals surface area contributed by atoms with Gasteiger partial charge in [0.1, 0.15) is 17.3 Å². The summed E-state index contributed by atoms with van der Waals surface area (Å²) in [6.07, 6.45) is 0. The zero-order valence-corrected chi connectivity index (χ0v) is 11.7. The minimum Gasteiger partial charge on any atom is -0.508 e. The lowest BCUT2D eigenvalue weighted by molar-refractivity contribution is 0.416. The number of H-pyrrole nitrogens is 1. The summed E-state index contributed by atoms with van der Waals surface area (Å²) < 4.78 is 6.31. The van der Waals surface area contributed by atoms with Crippen LogP contribution in [0.4, 0.5) is 0 Å². The summed E-state index contributed by atoms with van der Waals surface area (Å²) in [7, 11) is 1.62. The minimum absolute atomic E-state index is 0.213. The maximum atomic E-state index is 9.47. The molecule has 96 valence electrons. The summed E-state index contributed by atoms with van der Waals surface area (Å²) >= 11 is 3.41. The summed E-state index contributed by atoms with van der Waals surface area (Å²) in [4.78, 5) is 7.68. The number of nitrogens with zero attached hydrogens (tertiary/aromatic N) is 1. The number of benzene rings is 2. The summed E-state index contributed by atoms with van der Waals surface area (Å²) in [5.41, 5.74) is 2.47. The van der Waals surface area contributed by atoms with Gasteiger partial charge in [-0.05, 0) is 30.3 Å². The molecule has 19 heavy (non-hydrogen) atoms. The van der Waals surface area contributed by atoms with E-state index in [1.54, 1.807) is 25.3 Å². The van der Waals surface area contributed by atoms with E-state index >= 15 is 0 Å². The highest BCUT2D eigenvalue weighted by atomic mass is 79.9. The van der Waals surface area contributed by atoms with E-state index in [2.05, 4.69) is 25.9 Å². The standard InChI is InChI=1S/C14H11BrN2O2/c1-19-13-6-8(15)2-4-10(13)14-16-11-5-3-9(18)7-12(11)17-14/h2-7,18H,1H3,(H,16,17). The van der Waals surface area contributed by atoms with Crippen LogP contribution >= 0.6 is 15.9 Å². The Hall–Kier alpha value is -2.01. The molecule has 0 aliphatic carbocycles. The lowest BCUT2D eigenvalue weighted by atomic mass is 10.2. The molecule has 3 rings (SSSR count). The minimum atomic E-state index is 0.213. The summed E-state index contributed by atoms with van der Waals surface area (Å²) in [5.74, 6) is 1.66. The Morgan fingerprint density at radius 1 is 1.21 bits per heavy atom. The molecule has 2 aromatic carbocycles. The lowest BCUT2D eigenvalue weighted by Gasteiger charge is -2.06. The highest BCUT2D eigenvalue weighted by Crippen LogP contribution is 2.32. The third-order valence-electron chi connectivity index (χ3n) is 2.88. The van der Waals surface area contributed by atoms with Crippen molar-refractivity contribution in [1.29, 1.82) is 0 Å². The van der Waals surface area contributed by atoms with E-state index in [1.165, 1.54) is 0 Å². The largest absolute Gasteiger partial charge is 0.508 e. The second-order valence-corrected chi connectivity index (χ2v) is 5.05. The van der Waals surface area contributed by atoms with Gasteiger partial charge in [0.15, 0.2) is 0 Å². The van der Waals surface area contributed by atoms with Gasteiger partial charge in [-0.15, -0.1) is 0 Å². The van der Waals surface area contributed by atoms with Gasteiger partial charge < -0.3 is 14.8 Å². The number of aromatic hydroxyl groups is 1.